The zero-order chi connectivity index (χ0) is 22.2. The van der Waals surface area contributed by atoms with Gasteiger partial charge in [-0.05, 0) is 74.8 Å². The van der Waals surface area contributed by atoms with Crippen molar-refractivity contribution in [1.82, 2.24) is 19.8 Å². The number of benzene rings is 1. The van der Waals surface area contributed by atoms with Gasteiger partial charge in [0.2, 0.25) is 5.91 Å². The van der Waals surface area contributed by atoms with E-state index in [1.54, 1.807) is 6.20 Å². The first-order chi connectivity index (χ1) is 15.5. The molecule has 2 atom stereocenters. The summed E-state index contributed by atoms with van der Waals surface area (Å²) in [4.78, 5) is 19.6. The molecule has 2 N–H and O–H groups in total. The third-order valence-electron chi connectivity index (χ3n) is 6.32. The van der Waals surface area contributed by atoms with Gasteiger partial charge in [0.05, 0.1) is 17.8 Å². The van der Waals surface area contributed by atoms with Crippen LogP contribution in [0.2, 0.25) is 0 Å². The first-order valence-corrected chi connectivity index (χ1v) is 11.4. The fourth-order valence-corrected chi connectivity index (χ4v) is 5.09. The van der Waals surface area contributed by atoms with Crippen molar-refractivity contribution in [3.63, 3.8) is 0 Å². The molecule has 5 rings (SSSR count). The normalized spacial score (nSPS) is 20.3. The van der Waals surface area contributed by atoms with Gasteiger partial charge in [0.1, 0.15) is 6.54 Å². The molecular formula is C25H27N5OS. The average molecular weight is 446 g/mol. The van der Waals surface area contributed by atoms with E-state index in [-0.39, 0.29) is 24.5 Å². The monoisotopic (exact) mass is 445 g/mol. The van der Waals surface area contributed by atoms with Gasteiger partial charge in [-0.15, -0.1) is 0 Å². The summed E-state index contributed by atoms with van der Waals surface area (Å²) in [5.74, 6) is -0.0944. The Kier molecular flexibility index (Phi) is 5.43. The third kappa shape index (κ3) is 3.88. The van der Waals surface area contributed by atoms with Gasteiger partial charge in [0, 0.05) is 29.3 Å². The number of aromatic nitrogens is 2. The van der Waals surface area contributed by atoms with Crippen molar-refractivity contribution < 1.29 is 4.79 Å². The number of amides is 1. The van der Waals surface area contributed by atoms with Crippen molar-refractivity contribution in [2.24, 2.45) is 0 Å². The van der Waals surface area contributed by atoms with Crippen molar-refractivity contribution >= 4 is 28.9 Å². The van der Waals surface area contributed by atoms with Gasteiger partial charge in [-0.1, -0.05) is 24.3 Å². The van der Waals surface area contributed by atoms with E-state index in [1.165, 1.54) is 29.8 Å². The second-order valence-electron chi connectivity index (χ2n) is 8.60. The minimum atomic E-state index is -0.124. The second-order valence-corrected chi connectivity index (χ2v) is 8.98. The molecule has 0 radical (unpaired) electrons. The number of pyridine rings is 1. The summed E-state index contributed by atoms with van der Waals surface area (Å²) in [6.07, 6.45) is 4.25. The number of nitrogens with zero attached hydrogens (tertiary/aromatic N) is 3. The van der Waals surface area contributed by atoms with Gasteiger partial charge in [0.15, 0.2) is 5.11 Å². The number of hydrogen-bond donors (Lipinski definition) is 2. The van der Waals surface area contributed by atoms with Crippen molar-refractivity contribution in [3.05, 3.63) is 83.4 Å². The van der Waals surface area contributed by atoms with Gasteiger partial charge in [0.25, 0.3) is 0 Å². The number of rotatable bonds is 6. The van der Waals surface area contributed by atoms with E-state index in [2.05, 4.69) is 40.1 Å². The maximum atomic E-state index is 12.9. The topological polar surface area (TPSA) is 62.2 Å². The molecule has 6 nitrogen and oxygen atoms in total. The van der Waals surface area contributed by atoms with Crippen LogP contribution in [-0.2, 0) is 4.79 Å². The quantitative estimate of drug-likeness (QED) is 0.549. The highest BCUT2D eigenvalue weighted by atomic mass is 32.1. The van der Waals surface area contributed by atoms with Crippen LogP contribution in [0.3, 0.4) is 0 Å². The third-order valence-corrected chi connectivity index (χ3v) is 6.68. The Bertz CT molecular complexity index is 1140. The summed E-state index contributed by atoms with van der Waals surface area (Å²) in [5.41, 5.74) is 5.40. The van der Waals surface area contributed by atoms with Crippen molar-refractivity contribution in [3.8, 4) is 0 Å². The first kappa shape index (κ1) is 20.7. The van der Waals surface area contributed by atoms with Gasteiger partial charge in [-0.2, -0.15) is 0 Å². The van der Waals surface area contributed by atoms with E-state index in [1.807, 2.05) is 53.4 Å². The van der Waals surface area contributed by atoms with E-state index in [4.69, 9.17) is 12.2 Å². The SMILES string of the molecule is Cc1cc([C@H]2[C@H](c3ccccn3)NC(=S)N2CC(=O)Nc2ccccc2)c(C)n1C1CC1. The Morgan fingerprint density at radius 2 is 1.91 bits per heavy atom. The molecule has 1 saturated heterocycles. The molecule has 0 spiro atoms. The van der Waals surface area contributed by atoms with Gasteiger partial charge in [-0.25, -0.2) is 0 Å². The van der Waals surface area contributed by atoms with Crippen molar-refractivity contribution in [2.75, 3.05) is 11.9 Å². The Morgan fingerprint density at radius 3 is 2.59 bits per heavy atom. The van der Waals surface area contributed by atoms with Crippen LogP contribution in [0.15, 0.2) is 60.8 Å². The summed E-state index contributed by atoms with van der Waals surface area (Å²) in [6, 6.07) is 18.0. The fraction of sp³-hybridized carbons (Fsp3) is 0.320. The molecular weight excluding hydrogens is 418 g/mol. The summed E-state index contributed by atoms with van der Waals surface area (Å²) in [6.45, 7) is 4.51. The molecule has 0 bridgehead atoms. The smallest absolute Gasteiger partial charge is 0.244 e. The molecule has 1 amide bonds. The molecule has 32 heavy (non-hydrogen) atoms. The van der Waals surface area contributed by atoms with Crippen LogP contribution in [0.5, 0.6) is 0 Å². The van der Waals surface area contributed by atoms with Crippen molar-refractivity contribution in [1.29, 1.82) is 0 Å². The lowest BCUT2D eigenvalue weighted by molar-refractivity contribution is -0.116. The summed E-state index contributed by atoms with van der Waals surface area (Å²) < 4.78 is 2.44. The Hall–Kier alpha value is -3.19. The van der Waals surface area contributed by atoms with E-state index < -0.39 is 0 Å². The summed E-state index contributed by atoms with van der Waals surface area (Å²) in [7, 11) is 0. The van der Waals surface area contributed by atoms with Crippen LogP contribution < -0.4 is 10.6 Å². The largest absolute Gasteiger partial charge is 0.352 e. The van der Waals surface area contributed by atoms with Crippen LogP contribution >= 0.6 is 12.2 Å². The predicted octanol–water partition coefficient (Wildman–Crippen LogP) is 4.45. The number of aryl methyl sites for hydroxylation is 1. The van der Waals surface area contributed by atoms with Gasteiger partial charge >= 0.3 is 0 Å². The molecule has 164 valence electrons. The van der Waals surface area contributed by atoms with E-state index in [9.17, 15) is 4.79 Å². The number of carbonyl (C=O) groups is 1. The Labute approximate surface area is 193 Å². The Balaban J connectivity index is 1.49. The van der Waals surface area contributed by atoms with Gasteiger partial charge < -0.3 is 20.1 Å². The summed E-state index contributed by atoms with van der Waals surface area (Å²) in [5, 5.41) is 7.01. The molecule has 1 aliphatic heterocycles. The van der Waals surface area contributed by atoms with E-state index in [0.29, 0.717) is 11.2 Å². The van der Waals surface area contributed by atoms with Gasteiger partial charge in [-0.3, -0.25) is 9.78 Å². The standard InChI is InChI=1S/C25H27N5OS/c1-16-14-20(17(2)30(16)19-11-12-19)24-23(21-10-6-7-13-26-21)28-25(32)29(24)15-22(31)27-18-8-4-3-5-9-18/h3-10,13-14,19,23-24H,11-12,15H2,1-2H3,(H,27,31)(H,28,32)/t23-,24-/m0/s1. The lowest BCUT2D eigenvalue weighted by Crippen LogP contribution is -2.37. The molecule has 1 aromatic carbocycles. The molecule has 2 aromatic heterocycles. The number of anilines is 1. The first-order valence-electron chi connectivity index (χ1n) is 11.0. The lowest BCUT2D eigenvalue weighted by Gasteiger charge is -2.27. The number of hydrogen-bond acceptors (Lipinski definition) is 3. The molecule has 2 aliphatic rings. The second kappa shape index (κ2) is 8.39. The maximum absolute atomic E-state index is 12.9. The van der Waals surface area contributed by atoms with E-state index in [0.717, 1.165) is 11.4 Å². The zero-order valence-corrected chi connectivity index (χ0v) is 19.1. The highest BCUT2D eigenvalue weighted by Crippen LogP contribution is 2.44. The number of para-hydroxylation sites is 1. The van der Waals surface area contributed by atoms with Crippen LogP contribution in [-0.4, -0.2) is 32.0 Å². The number of nitrogens with one attached hydrogen (secondary N) is 2. The minimum Gasteiger partial charge on any atom is -0.352 e. The molecule has 7 heteroatoms. The molecule has 1 aliphatic carbocycles. The number of carbonyl (C=O) groups excluding carboxylic acids is 1. The minimum absolute atomic E-state index is 0.0944. The van der Waals surface area contributed by atoms with Crippen LogP contribution in [0.1, 0.15) is 53.6 Å². The van der Waals surface area contributed by atoms with Crippen LogP contribution in [0.4, 0.5) is 5.69 Å². The maximum Gasteiger partial charge on any atom is 0.244 e. The molecule has 1 saturated carbocycles. The fourth-order valence-electron chi connectivity index (χ4n) is 4.79. The van der Waals surface area contributed by atoms with Crippen LogP contribution in [0, 0.1) is 13.8 Å². The Morgan fingerprint density at radius 1 is 1.16 bits per heavy atom. The highest BCUT2D eigenvalue weighted by molar-refractivity contribution is 7.80. The highest BCUT2D eigenvalue weighted by Gasteiger charge is 2.42. The predicted molar refractivity (Wildman–Crippen MR) is 129 cm³/mol. The molecule has 0 unspecified atom stereocenters. The lowest BCUT2D eigenvalue weighted by atomic mass is 9.96. The van der Waals surface area contributed by atoms with Crippen LogP contribution in [0.25, 0.3) is 0 Å². The average Bonchev–Trinajstić information content (AvgIpc) is 3.51. The molecule has 3 heterocycles. The summed E-state index contributed by atoms with van der Waals surface area (Å²) >= 11 is 5.72. The zero-order valence-electron chi connectivity index (χ0n) is 18.3. The molecule has 2 fully saturated rings. The molecule has 3 aromatic rings. The van der Waals surface area contributed by atoms with Crippen molar-refractivity contribution in [2.45, 2.75) is 44.8 Å². The van der Waals surface area contributed by atoms with E-state index >= 15 is 0 Å². The number of thiocarbonyl (C=S) groups is 1.